The Balaban J connectivity index is 0.000000223. The van der Waals surface area contributed by atoms with Crippen molar-refractivity contribution in [3.8, 4) is 0 Å². The maximum absolute atomic E-state index is 9.76. The van der Waals surface area contributed by atoms with E-state index in [-0.39, 0.29) is 5.75 Å². The van der Waals surface area contributed by atoms with Gasteiger partial charge in [-0.15, -0.1) is 11.3 Å². The third-order valence-corrected chi connectivity index (χ3v) is 2.15. The van der Waals surface area contributed by atoms with E-state index in [1.54, 1.807) is 11.3 Å². The first-order valence-corrected chi connectivity index (χ1v) is 4.97. The summed E-state index contributed by atoms with van der Waals surface area (Å²) in [5.41, 5.74) is 10.2. The highest BCUT2D eigenvalue weighted by atomic mass is 32.1. The fourth-order valence-electron chi connectivity index (χ4n) is 0.369. The maximum Gasteiger partial charge on any atom is 0.321 e. The van der Waals surface area contributed by atoms with Gasteiger partial charge in [-0.2, -0.15) is 12.6 Å². The summed E-state index contributed by atoms with van der Waals surface area (Å²) in [5.74, 6) is -0.815. The fraction of sp³-hybridized carbons (Fsp3) is 0.286. The number of hydrogen-bond donors (Lipinski definition) is 4. The number of thiophene rings is 1. The highest BCUT2D eigenvalue weighted by Crippen LogP contribution is 2.07. The zero-order chi connectivity index (χ0) is 10.3. The van der Waals surface area contributed by atoms with Crippen LogP contribution in [0.3, 0.4) is 0 Å². The minimum absolute atomic E-state index is 0.190. The molecule has 6 heteroatoms. The van der Waals surface area contributed by atoms with Gasteiger partial charge in [-0.3, -0.25) is 4.79 Å². The number of hydrogen-bond acceptors (Lipinski definition) is 5. The first kappa shape index (κ1) is 12.3. The number of nitrogen functional groups attached to an aromatic ring is 1. The smallest absolute Gasteiger partial charge is 0.321 e. The van der Waals surface area contributed by atoms with E-state index >= 15 is 0 Å². The van der Waals surface area contributed by atoms with E-state index in [0.29, 0.717) is 0 Å². The summed E-state index contributed by atoms with van der Waals surface area (Å²) in [6.45, 7) is 0. The van der Waals surface area contributed by atoms with E-state index in [1.807, 2.05) is 17.5 Å². The highest BCUT2D eigenvalue weighted by Gasteiger charge is 2.06. The molecular weight excluding hydrogens is 208 g/mol. The van der Waals surface area contributed by atoms with Crippen molar-refractivity contribution in [2.75, 3.05) is 11.5 Å². The molecule has 0 aliphatic heterocycles. The molecule has 74 valence electrons. The average molecular weight is 220 g/mol. The summed E-state index contributed by atoms with van der Waals surface area (Å²) in [6.07, 6.45) is 0. The lowest BCUT2D eigenvalue weighted by molar-refractivity contribution is -0.137. The van der Waals surface area contributed by atoms with Gasteiger partial charge in [0.15, 0.2) is 0 Å². The Hall–Kier alpha value is -0.720. The zero-order valence-electron chi connectivity index (χ0n) is 6.88. The quantitative estimate of drug-likeness (QED) is 0.551. The predicted molar refractivity (Wildman–Crippen MR) is 58.2 cm³/mol. The minimum atomic E-state index is -1.00. The molecule has 0 amide bonds. The van der Waals surface area contributed by atoms with Gasteiger partial charge in [-0.1, -0.05) is 0 Å². The van der Waals surface area contributed by atoms with E-state index in [4.69, 9.17) is 16.6 Å². The van der Waals surface area contributed by atoms with Gasteiger partial charge in [-0.05, 0) is 17.5 Å². The van der Waals surface area contributed by atoms with Crippen LogP contribution in [0.15, 0.2) is 17.5 Å². The Bertz CT molecular complexity index is 239. The number of nitrogens with two attached hydrogens (primary N) is 2. The monoisotopic (exact) mass is 220 g/mol. The van der Waals surface area contributed by atoms with Gasteiger partial charge >= 0.3 is 5.97 Å². The second-order valence-electron chi connectivity index (χ2n) is 2.14. The Labute approximate surface area is 86.0 Å². The van der Waals surface area contributed by atoms with Crippen LogP contribution in [0, 0.1) is 0 Å². The minimum Gasteiger partial charge on any atom is -0.480 e. The van der Waals surface area contributed by atoms with E-state index in [2.05, 4.69) is 12.6 Å². The van der Waals surface area contributed by atoms with Crippen molar-refractivity contribution in [1.29, 1.82) is 0 Å². The van der Waals surface area contributed by atoms with E-state index in [1.165, 1.54) is 0 Å². The topological polar surface area (TPSA) is 89.3 Å². The molecule has 0 saturated heterocycles. The summed E-state index contributed by atoms with van der Waals surface area (Å²) in [4.78, 5) is 9.76. The van der Waals surface area contributed by atoms with Gasteiger partial charge in [0.05, 0.1) is 5.00 Å². The van der Waals surface area contributed by atoms with Crippen molar-refractivity contribution in [1.82, 2.24) is 0 Å². The van der Waals surface area contributed by atoms with Crippen molar-refractivity contribution in [3.63, 3.8) is 0 Å². The molecule has 0 fully saturated rings. The van der Waals surface area contributed by atoms with Crippen LogP contribution >= 0.6 is 24.0 Å². The number of aliphatic carboxylic acids is 1. The molecule has 0 aliphatic carbocycles. The molecule has 1 rings (SSSR count). The molecule has 1 atom stereocenters. The number of carbonyl (C=O) groups is 1. The Morgan fingerprint density at radius 3 is 2.46 bits per heavy atom. The number of anilines is 1. The zero-order valence-corrected chi connectivity index (χ0v) is 8.59. The molecule has 0 bridgehead atoms. The van der Waals surface area contributed by atoms with Gasteiger partial charge in [0.25, 0.3) is 0 Å². The van der Waals surface area contributed by atoms with Crippen molar-refractivity contribution >= 4 is 34.9 Å². The van der Waals surface area contributed by atoms with Crippen LogP contribution < -0.4 is 11.5 Å². The lowest BCUT2D eigenvalue weighted by Gasteiger charge is -1.96. The SMILES string of the molecule is NC(CS)C(=O)O.Nc1cccs1. The summed E-state index contributed by atoms with van der Waals surface area (Å²) < 4.78 is 0. The summed E-state index contributed by atoms with van der Waals surface area (Å²) in [6, 6.07) is 2.99. The first-order valence-electron chi connectivity index (χ1n) is 3.46. The number of thiol groups is 1. The third-order valence-electron chi connectivity index (χ3n) is 1.06. The fourth-order valence-corrected chi connectivity index (χ4v) is 0.997. The van der Waals surface area contributed by atoms with Gasteiger partial charge < -0.3 is 16.6 Å². The summed E-state index contributed by atoms with van der Waals surface area (Å²) >= 11 is 5.20. The molecule has 0 aromatic carbocycles. The summed E-state index contributed by atoms with van der Waals surface area (Å²) in [5, 5.41) is 10.8. The van der Waals surface area contributed by atoms with E-state index in [0.717, 1.165) is 5.00 Å². The van der Waals surface area contributed by atoms with Gasteiger partial charge in [-0.25, -0.2) is 0 Å². The Kier molecular flexibility index (Phi) is 6.38. The predicted octanol–water partition coefficient (Wildman–Crippen LogP) is 0.658. The molecule has 1 heterocycles. The van der Waals surface area contributed by atoms with Crippen molar-refractivity contribution in [2.24, 2.45) is 5.73 Å². The van der Waals surface area contributed by atoms with Crippen LogP contribution in [-0.2, 0) is 4.79 Å². The molecule has 1 aromatic rings. The molecule has 5 N–H and O–H groups in total. The molecule has 1 unspecified atom stereocenters. The van der Waals surface area contributed by atoms with E-state index < -0.39 is 12.0 Å². The Morgan fingerprint density at radius 1 is 1.77 bits per heavy atom. The van der Waals surface area contributed by atoms with Crippen LogP contribution in [0.2, 0.25) is 0 Å². The van der Waals surface area contributed by atoms with Crippen LogP contribution in [0.4, 0.5) is 5.00 Å². The van der Waals surface area contributed by atoms with Crippen LogP contribution in [0.1, 0.15) is 0 Å². The van der Waals surface area contributed by atoms with Gasteiger partial charge in [0.2, 0.25) is 0 Å². The first-order chi connectivity index (χ1) is 6.07. The highest BCUT2D eigenvalue weighted by molar-refractivity contribution is 7.80. The van der Waals surface area contributed by atoms with Crippen LogP contribution in [0.25, 0.3) is 0 Å². The largest absolute Gasteiger partial charge is 0.480 e. The van der Waals surface area contributed by atoms with Crippen LogP contribution in [-0.4, -0.2) is 22.9 Å². The van der Waals surface area contributed by atoms with Gasteiger partial charge in [0, 0.05) is 5.75 Å². The van der Waals surface area contributed by atoms with Crippen molar-refractivity contribution in [2.45, 2.75) is 6.04 Å². The third kappa shape index (κ3) is 6.44. The van der Waals surface area contributed by atoms with Crippen molar-refractivity contribution < 1.29 is 9.90 Å². The molecule has 1 aromatic heterocycles. The molecular formula is C7H12N2O2S2. The molecule has 0 aliphatic rings. The Morgan fingerprint density at radius 2 is 2.38 bits per heavy atom. The molecule has 0 radical (unpaired) electrons. The standard InChI is InChI=1S/C4H5NS.C3H7NO2S/c5-4-2-1-3-6-4;4-2(1-7)3(5)6/h1-3H,5H2;2,7H,1,4H2,(H,5,6). The second-order valence-corrected chi connectivity index (χ2v) is 3.49. The van der Waals surface area contributed by atoms with Gasteiger partial charge in [0.1, 0.15) is 6.04 Å². The average Bonchev–Trinajstić information content (AvgIpc) is 2.55. The molecule has 4 nitrogen and oxygen atoms in total. The maximum atomic E-state index is 9.76. The molecule has 0 saturated carbocycles. The molecule has 0 spiro atoms. The normalized spacial score (nSPS) is 11.2. The van der Waals surface area contributed by atoms with E-state index in [9.17, 15) is 4.79 Å². The number of carboxylic acids is 1. The number of rotatable bonds is 2. The summed E-state index contributed by atoms with van der Waals surface area (Å²) in [7, 11) is 0. The number of carboxylic acid groups (broad SMARTS) is 1. The molecule has 13 heavy (non-hydrogen) atoms. The second kappa shape index (κ2) is 6.76. The van der Waals surface area contributed by atoms with Crippen molar-refractivity contribution in [3.05, 3.63) is 17.5 Å². The van der Waals surface area contributed by atoms with Crippen LogP contribution in [0.5, 0.6) is 0 Å². The lowest BCUT2D eigenvalue weighted by Crippen LogP contribution is -2.31. The lowest BCUT2D eigenvalue weighted by atomic mass is 10.4.